The second-order valence-corrected chi connectivity index (χ2v) is 17.5. The van der Waals surface area contributed by atoms with Crippen LogP contribution in [-0.2, 0) is 23.9 Å². The van der Waals surface area contributed by atoms with E-state index in [0.29, 0.717) is 30.3 Å². The Morgan fingerprint density at radius 3 is 2.10 bits per heavy atom. The maximum absolute atomic E-state index is 14.0. The van der Waals surface area contributed by atoms with Crippen LogP contribution in [0.5, 0.6) is 0 Å². The van der Waals surface area contributed by atoms with Crippen molar-refractivity contribution in [3.05, 3.63) is 121 Å². The summed E-state index contributed by atoms with van der Waals surface area (Å²) in [7, 11) is 2.57. The van der Waals surface area contributed by atoms with E-state index < -0.39 is 29.1 Å². The number of hydrogen-bond donors (Lipinski definition) is 4. The van der Waals surface area contributed by atoms with Crippen molar-refractivity contribution >= 4 is 46.5 Å². The van der Waals surface area contributed by atoms with Crippen LogP contribution in [0.2, 0.25) is 0 Å². The molecule has 15 heteroatoms. The lowest BCUT2D eigenvalue weighted by atomic mass is 9.98. The van der Waals surface area contributed by atoms with Crippen LogP contribution in [-0.4, -0.2) is 92.8 Å². The highest BCUT2D eigenvalue weighted by atomic mass is 32.2. The standard InChI is InChI=1S/C47H50N8O6S/c1-28(2)39(52-45(58)60-4)43(57)55-22-23-62-47(55,3)44-49-27-36(51-44)30-15-13-29(14-16-30)32-17-18-34-25-35(20-19-33(34)24-32)37-26-48-41(50-37)38-12-9-21-54(38)42(56)40(53-46(59)61-5)31-10-7-6-8-11-31/h6-8,10-11,13-20,24-28,38-40H,9,12,21-23H2,1-5H3,(H,48,50)(H,49,51)(H,52,58)(H,53,59)/t38-,39-,40+,47?/m0/s1. The first kappa shape index (κ1) is 42.1. The van der Waals surface area contributed by atoms with Crippen molar-refractivity contribution in [1.29, 1.82) is 0 Å². The number of hydrogen-bond acceptors (Lipinski definition) is 9. The lowest BCUT2D eigenvalue weighted by molar-refractivity contribution is -0.137. The third kappa shape index (κ3) is 8.36. The Labute approximate surface area is 364 Å². The fourth-order valence-corrected chi connectivity index (χ4v) is 9.64. The third-order valence-electron chi connectivity index (χ3n) is 11.8. The van der Waals surface area contributed by atoms with Crippen molar-refractivity contribution in [3.8, 4) is 33.6 Å². The summed E-state index contributed by atoms with van der Waals surface area (Å²) in [5.74, 6) is 1.60. The number of aromatic nitrogens is 4. The first-order valence-electron chi connectivity index (χ1n) is 20.7. The number of carbonyl (C=O) groups is 4. The molecule has 4 amide bonds. The predicted octanol–water partition coefficient (Wildman–Crippen LogP) is 8.18. The van der Waals surface area contributed by atoms with E-state index >= 15 is 0 Å². The molecule has 4 heterocycles. The number of methoxy groups -OCH3 is 2. The van der Waals surface area contributed by atoms with Crippen LogP contribution in [0.3, 0.4) is 0 Å². The van der Waals surface area contributed by atoms with Crippen molar-refractivity contribution in [1.82, 2.24) is 40.4 Å². The quantitative estimate of drug-likeness (QED) is 0.100. The van der Waals surface area contributed by atoms with Gasteiger partial charge in [-0.1, -0.05) is 92.7 Å². The first-order chi connectivity index (χ1) is 30.0. The minimum absolute atomic E-state index is 0.131. The summed E-state index contributed by atoms with van der Waals surface area (Å²) in [4.78, 5) is 71.3. The van der Waals surface area contributed by atoms with Gasteiger partial charge in [0.25, 0.3) is 5.91 Å². The monoisotopic (exact) mass is 854 g/mol. The number of fused-ring (bicyclic) bond motifs is 1. The zero-order chi connectivity index (χ0) is 43.5. The van der Waals surface area contributed by atoms with Crippen molar-refractivity contribution in [3.63, 3.8) is 0 Å². The number of ether oxygens (including phenoxy) is 2. The molecule has 4 N–H and O–H groups in total. The number of benzene rings is 4. The number of alkyl carbamates (subject to hydrolysis) is 2. The Morgan fingerprint density at radius 1 is 0.758 bits per heavy atom. The molecule has 2 aromatic heterocycles. The summed E-state index contributed by atoms with van der Waals surface area (Å²) in [5, 5.41) is 7.60. The summed E-state index contributed by atoms with van der Waals surface area (Å²) < 4.78 is 9.63. The molecule has 1 unspecified atom stereocenters. The van der Waals surface area contributed by atoms with Gasteiger partial charge in [0.2, 0.25) is 5.91 Å². The fraction of sp³-hybridized carbons (Fsp3) is 0.319. The molecule has 2 saturated heterocycles. The molecule has 62 heavy (non-hydrogen) atoms. The summed E-state index contributed by atoms with van der Waals surface area (Å²) >= 11 is 1.64. The van der Waals surface area contributed by atoms with Gasteiger partial charge >= 0.3 is 12.2 Å². The number of likely N-dealkylation sites (tertiary alicyclic amines) is 1. The minimum atomic E-state index is -0.883. The Hall–Kier alpha value is -6.61. The Bertz CT molecular complexity index is 2590. The van der Waals surface area contributed by atoms with Crippen molar-refractivity contribution in [2.24, 2.45) is 5.92 Å². The molecule has 4 aromatic carbocycles. The molecular weight excluding hydrogens is 805 g/mol. The van der Waals surface area contributed by atoms with Gasteiger partial charge in [-0.15, -0.1) is 11.8 Å². The van der Waals surface area contributed by atoms with Gasteiger partial charge in [-0.25, -0.2) is 19.6 Å². The molecule has 14 nitrogen and oxygen atoms in total. The van der Waals surface area contributed by atoms with Gasteiger partial charge in [0.05, 0.1) is 44.0 Å². The summed E-state index contributed by atoms with van der Waals surface area (Å²) in [6.45, 7) is 6.87. The Kier molecular flexibility index (Phi) is 12.1. The number of aromatic amines is 2. The third-order valence-corrected chi connectivity index (χ3v) is 13.2. The topological polar surface area (TPSA) is 175 Å². The molecule has 2 aliphatic heterocycles. The number of nitrogens with zero attached hydrogens (tertiary/aromatic N) is 4. The van der Waals surface area contributed by atoms with E-state index in [2.05, 4.69) is 81.3 Å². The van der Waals surface area contributed by atoms with Crippen LogP contribution in [0.4, 0.5) is 9.59 Å². The van der Waals surface area contributed by atoms with Gasteiger partial charge < -0.3 is 39.9 Å². The zero-order valence-electron chi connectivity index (χ0n) is 35.3. The molecule has 6 aromatic rings. The average molecular weight is 855 g/mol. The molecule has 2 aliphatic rings. The van der Waals surface area contributed by atoms with Crippen LogP contribution in [0.25, 0.3) is 44.4 Å². The number of nitrogens with one attached hydrogen (secondary N) is 4. The number of rotatable bonds is 11. The normalized spacial score (nSPS) is 18.5. The number of amides is 4. The number of thioether (sulfide) groups is 1. The van der Waals surface area contributed by atoms with Crippen LogP contribution in [0.15, 0.2) is 103 Å². The molecule has 8 rings (SSSR count). The van der Waals surface area contributed by atoms with Crippen LogP contribution >= 0.6 is 11.8 Å². The lowest BCUT2D eigenvalue weighted by Gasteiger charge is -2.36. The molecule has 4 atom stereocenters. The van der Waals surface area contributed by atoms with E-state index in [4.69, 9.17) is 19.4 Å². The molecule has 0 bridgehead atoms. The minimum Gasteiger partial charge on any atom is -0.453 e. The van der Waals surface area contributed by atoms with Crippen LogP contribution in [0.1, 0.15) is 62.9 Å². The molecule has 0 saturated carbocycles. The smallest absolute Gasteiger partial charge is 0.407 e. The maximum Gasteiger partial charge on any atom is 0.407 e. The Morgan fingerprint density at radius 2 is 1.39 bits per heavy atom. The van der Waals surface area contributed by atoms with E-state index in [1.165, 1.54) is 14.2 Å². The molecular formula is C47H50N8O6S. The summed E-state index contributed by atoms with van der Waals surface area (Å²) in [6, 6.07) is 28.4. The predicted molar refractivity (Wildman–Crippen MR) is 239 cm³/mol. The van der Waals surface area contributed by atoms with Crippen molar-refractivity contribution < 1.29 is 28.7 Å². The Balaban J connectivity index is 0.954. The average Bonchev–Trinajstić information content (AvgIpc) is 4.14. The van der Waals surface area contributed by atoms with Gasteiger partial charge in [-0.05, 0) is 70.8 Å². The molecule has 0 spiro atoms. The SMILES string of the molecule is COC(=O)N[C@H](C(=O)N1CCSC1(C)c1ncc(-c2ccc(-c3ccc4cc(-c5cnc([C@@H]6CCCN6C(=O)[C@H](NC(=O)OC)c6ccccc6)[nH]5)ccc4c3)cc2)[nH]1)C(C)C. The van der Waals surface area contributed by atoms with Crippen molar-refractivity contribution in [2.45, 2.75) is 56.6 Å². The van der Waals surface area contributed by atoms with Gasteiger partial charge in [0, 0.05) is 24.4 Å². The largest absolute Gasteiger partial charge is 0.453 e. The van der Waals surface area contributed by atoms with E-state index in [9.17, 15) is 19.2 Å². The highest BCUT2D eigenvalue weighted by Gasteiger charge is 2.47. The second kappa shape index (κ2) is 17.8. The van der Waals surface area contributed by atoms with Crippen LogP contribution in [0, 0.1) is 5.92 Å². The maximum atomic E-state index is 14.0. The molecule has 320 valence electrons. The van der Waals surface area contributed by atoms with E-state index in [0.717, 1.165) is 63.0 Å². The van der Waals surface area contributed by atoms with Crippen molar-refractivity contribution in [2.75, 3.05) is 33.1 Å². The van der Waals surface area contributed by atoms with E-state index in [1.807, 2.05) is 57.3 Å². The van der Waals surface area contributed by atoms with E-state index in [1.54, 1.807) is 27.8 Å². The molecule has 2 fully saturated rings. The number of carbonyl (C=O) groups excluding carboxylic acids is 4. The highest BCUT2D eigenvalue weighted by Crippen LogP contribution is 2.44. The second-order valence-electron chi connectivity index (χ2n) is 16.0. The van der Waals surface area contributed by atoms with E-state index in [-0.39, 0.29) is 23.8 Å². The molecule has 0 aliphatic carbocycles. The lowest BCUT2D eigenvalue weighted by Crippen LogP contribution is -2.54. The highest BCUT2D eigenvalue weighted by molar-refractivity contribution is 8.00. The number of imidazole rings is 2. The summed E-state index contributed by atoms with van der Waals surface area (Å²) in [5.41, 5.74) is 6.46. The zero-order valence-corrected chi connectivity index (χ0v) is 36.1. The van der Waals surface area contributed by atoms with Gasteiger partial charge in [0.1, 0.15) is 28.6 Å². The van der Waals surface area contributed by atoms with Gasteiger partial charge in [0.15, 0.2) is 0 Å². The first-order valence-corrected chi connectivity index (χ1v) is 21.7. The molecule has 0 radical (unpaired) electrons. The van der Waals surface area contributed by atoms with Gasteiger partial charge in [-0.3, -0.25) is 9.59 Å². The number of H-pyrrole nitrogens is 2. The van der Waals surface area contributed by atoms with Crippen LogP contribution < -0.4 is 10.6 Å². The van der Waals surface area contributed by atoms with Gasteiger partial charge in [-0.2, -0.15) is 0 Å². The summed E-state index contributed by atoms with van der Waals surface area (Å²) in [6.07, 6.45) is 3.87. The fourth-order valence-electron chi connectivity index (χ4n) is 8.39.